The van der Waals surface area contributed by atoms with E-state index in [4.69, 9.17) is 14.2 Å². The maximum absolute atomic E-state index is 14.0. The third-order valence-electron chi connectivity index (χ3n) is 9.33. The number of piperidine rings is 1. The van der Waals surface area contributed by atoms with Crippen LogP contribution in [-0.2, 0) is 34.5 Å². The van der Waals surface area contributed by atoms with Crippen LogP contribution in [-0.4, -0.2) is 49.3 Å². The number of nitrogens with zero attached hydrogens (tertiary/aromatic N) is 1. The van der Waals surface area contributed by atoms with Gasteiger partial charge in [-0.2, -0.15) is 0 Å². The van der Waals surface area contributed by atoms with Crippen molar-refractivity contribution >= 4 is 5.97 Å². The van der Waals surface area contributed by atoms with E-state index < -0.39 is 29.5 Å². The van der Waals surface area contributed by atoms with Crippen molar-refractivity contribution in [3.63, 3.8) is 0 Å². The van der Waals surface area contributed by atoms with Gasteiger partial charge in [0.25, 0.3) is 0 Å². The summed E-state index contributed by atoms with van der Waals surface area (Å²) in [7, 11) is 0. The van der Waals surface area contributed by atoms with Crippen LogP contribution >= 0.6 is 0 Å². The van der Waals surface area contributed by atoms with Crippen molar-refractivity contribution in [2.45, 2.75) is 57.9 Å². The number of rotatable bonds is 14. The summed E-state index contributed by atoms with van der Waals surface area (Å²) < 4.78 is 58.7. The van der Waals surface area contributed by atoms with Gasteiger partial charge >= 0.3 is 5.97 Å². The molecule has 6 nitrogen and oxygen atoms in total. The fourth-order valence-corrected chi connectivity index (χ4v) is 6.49. The van der Waals surface area contributed by atoms with E-state index in [9.17, 15) is 18.0 Å². The Balaban J connectivity index is 0.962. The molecule has 0 radical (unpaired) electrons. The molecule has 2 fully saturated rings. The molecule has 0 bridgehead atoms. The van der Waals surface area contributed by atoms with E-state index in [1.165, 1.54) is 5.56 Å². The summed E-state index contributed by atoms with van der Waals surface area (Å²) in [4.78, 5) is 15.3. The predicted molar refractivity (Wildman–Crippen MR) is 182 cm³/mol. The summed E-state index contributed by atoms with van der Waals surface area (Å²) in [5.41, 5.74) is 3.18. The highest BCUT2D eigenvalue weighted by Crippen LogP contribution is 2.45. The van der Waals surface area contributed by atoms with E-state index in [0.717, 1.165) is 36.0 Å². The number of esters is 1. The van der Waals surface area contributed by atoms with Crippen LogP contribution in [0.5, 0.6) is 11.5 Å². The number of hydrogen-bond donors (Lipinski definition) is 1. The Morgan fingerprint density at radius 2 is 1.49 bits per heavy atom. The molecule has 0 spiro atoms. The van der Waals surface area contributed by atoms with Crippen molar-refractivity contribution in [3.8, 4) is 11.5 Å². The number of carbonyl (C=O) groups excluding carboxylic acids is 1. The lowest BCUT2D eigenvalue weighted by Crippen LogP contribution is -2.33. The Hall–Kier alpha value is -4.34. The van der Waals surface area contributed by atoms with Crippen LogP contribution in [0.3, 0.4) is 0 Å². The van der Waals surface area contributed by atoms with Crippen LogP contribution in [0, 0.1) is 29.3 Å². The van der Waals surface area contributed by atoms with E-state index in [1.807, 2.05) is 78.9 Å². The molecule has 1 N–H and O–H groups in total. The molecule has 6 rings (SSSR count). The predicted octanol–water partition coefficient (Wildman–Crippen LogP) is 7.23. The number of hydrogen-bond acceptors (Lipinski definition) is 6. The van der Waals surface area contributed by atoms with Gasteiger partial charge in [0.15, 0.2) is 17.7 Å². The van der Waals surface area contributed by atoms with Crippen molar-refractivity contribution in [2.75, 3.05) is 26.2 Å². The second-order valence-electron chi connectivity index (χ2n) is 14.0. The lowest BCUT2D eigenvalue weighted by molar-refractivity contribution is -0.153. The molecule has 1 aliphatic carbocycles. The SMILES string of the molecule is CC(C)(C)c1ccc(O[C@@H](Cc2ccc(OCCNC3[C@H]4CN(Cc5cc(F)c(F)cc5F)C[C@@H]34)cc2)C(=O)OCc2ccccc2)cc1. The number of fused-ring (bicyclic) bond motifs is 1. The molecule has 2 aliphatic rings. The van der Waals surface area contributed by atoms with Gasteiger partial charge in [-0.05, 0) is 64.3 Å². The zero-order valence-corrected chi connectivity index (χ0v) is 28.1. The Bertz CT molecular complexity index is 1700. The topological polar surface area (TPSA) is 60.0 Å². The van der Waals surface area contributed by atoms with Gasteiger partial charge in [0, 0.05) is 50.3 Å². The molecule has 1 saturated heterocycles. The first-order chi connectivity index (χ1) is 23.5. The maximum atomic E-state index is 14.0. The Morgan fingerprint density at radius 3 is 2.16 bits per heavy atom. The molecule has 1 unspecified atom stereocenters. The molecule has 4 aromatic rings. The van der Waals surface area contributed by atoms with E-state index >= 15 is 0 Å². The zero-order valence-electron chi connectivity index (χ0n) is 28.1. The molecule has 0 amide bonds. The minimum Gasteiger partial charge on any atom is -0.492 e. The number of benzene rings is 4. The van der Waals surface area contributed by atoms with Crippen LogP contribution in [0.15, 0.2) is 91.0 Å². The molecule has 9 heteroatoms. The van der Waals surface area contributed by atoms with Crippen molar-refractivity contribution in [2.24, 2.45) is 11.8 Å². The minimum atomic E-state index is -1.17. The van der Waals surface area contributed by atoms with Crippen LogP contribution < -0.4 is 14.8 Å². The summed E-state index contributed by atoms with van der Waals surface area (Å²) in [5.74, 6) is -1.09. The summed E-state index contributed by atoms with van der Waals surface area (Å²) in [6, 6.07) is 27.0. The van der Waals surface area contributed by atoms with Gasteiger partial charge in [-0.1, -0.05) is 75.4 Å². The summed E-state index contributed by atoms with van der Waals surface area (Å²) >= 11 is 0. The first-order valence-electron chi connectivity index (χ1n) is 16.8. The molecule has 1 heterocycles. The molecule has 4 aromatic carbocycles. The smallest absolute Gasteiger partial charge is 0.348 e. The van der Waals surface area contributed by atoms with E-state index in [1.54, 1.807) is 0 Å². The Morgan fingerprint density at radius 1 is 0.837 bits per heavy atom. The monoisotopic (exact) mass is 672 g/mol. The van der Waals surface area contributed by atoms with Gasteiger partial charge in [0.2, 0.25) is 0 Å². The van der Waals surface area contributed by atoms with Crippen LogP contribution in [0.2, 0.25) is 0 Å². The van der Waals surface area contributed by atoms with Gasteiger partial charge in [-0.15, -0.1) is 0 Å². The molecular formula is C40H43F3N2O4. The number of carbonyl (C=O) groups is 1. The fraction of sp³-hybridized carbons (Fsp3) is 0.375. The second kappa shape index (κ2) is 15.0. The molecule has 4 atom stereocenters. The number of halogens is 3. The Labute approximate surface area is 286 Å². The third-order valence-corrected chi connectivity index (χ3v) is 9.33. The molecule has 0 aromatic heterocycles. The number of likely N-dealkylation sites (tertiary alicyclic amines) is 1. The number of ether oxygens (including phenoxy) is 3. The normalized spacial score (nSPS) is 19.3. The van der Waals surface area contributed by atoms with Gasteiger partial charge in [0.05, 0.1) is 0 Å². The third kappa shape index (κ3) is 9.02. The van der Waals surface area contributed by atoms with Gasteiger partial charge < -0.3 is 19.5 Å². The lowest BCUT2D eigenvalue weighted by Gasteiger charge is -2.21. The van der Waals surface area contributed by atoms with Crippen molar-refractivity contribution < 1.29 is 32.2 Å². The van der Waals surface area contributed by atoms with Gasteiger partial charge in [0.1, 0.15) is 30.5 Å². The van der Waals surface area contributed by atoms with E-state index in [0.29, 0.717) is 49.3 Å². The quantitative estimate of drug-likeness (QED) is 0.0867. The average Bonchev–Trinajstić information content (AvgIpc) is 3.53. The fourth-order valence-electron chi connectivity index (χ4n) is 6.49. The highest BCUT2D eigenvalue weighted by Gasteiger charge is 2.55. The molecule has 1 saturated carbocycles. The zero-order chi connectivity index (χ0) is 34.5. The molecule has 1 aliphatic heterocycles. The van der Waals surface area contributed by atoms with E-state index in [2.05, 4.69) is 31.0 Å². The van der Waals surface area contributed by atoms with Crippen molar-refractivity contribution in [3.05, 3.63) is 131 Å². The first-order valence-corrected chi connectivity index (χ1v) is 16.8. The molecular weight excluding hydrogens is 629 g/mol. The van der Waals surface area contributed by atoms with Crippen molar-refractivity contribution in [1.82, 2.24) is 10.2 Å². The van der Waals surface area contributed by atoms with Crippen LogP contribution in [0.1, 0.15) is 43.0 Å². The van der Waals surface area contributed by atoms with Crippen molar-refractivity contribution in [1.29, 1.82) is 0 Å². The average molecular weight is 673 g/mol. The Kier molecular flexibility index (Phi) is 10.6. The number of nitrogens with one attached hydrogen (secondary N) is 1. The van der Waals surface area contributed by atoms with Gasteiger partial charge in [-0.3, -0.25) is 4.90 Å². The molecule has 49 heavy (non-hydrogen) atoms. The first kappa shape index (κ1) is 34.5. The van der Waals surface area contributed by atoms with E-state index in [-0.39, 0.29) is 24.1 Å². The van der Waals surface area contributed by atoms with Crippen LogP contribution in [0.4, 0.5) is 13.2 Å². The van der Waals surface area contributed by atoms with Crippen LogP contribution in [0.25, 0.3) is 0 Å². The summed E-state index contributed by atoms with van der Waals surface area (Å²) in [5, 5.41) is 3.55. The largest absolute Gasteiger partial charge is 0.492 e. The lowest BCUT2D eigenvalue weighted by atomic mass is 9.87. The van der Waals surface area contributed by atoms with Gasteiger partial charge in [-0.25, -0.2) is 18.0 Å². The maximum Gasteiger partial charge on any atom is 0.348 e. The highest BCUT2D eigenvalue weighted by molar-refractivity contribution is 5.75. The minimum absolute atomic E-state index is 0.00490. The standard InChI is InChI=1S/C40H43F3N2O4/c1-40(2,3)29-11-15-31(16-12-29)49-37(39(46)48-25-27-7-5-4-6-8-27)19-26-9-13-30(14-10-26)47-18-17-44-38-32-23-45(24-33(32)38)22-28-20-35(42)36(43)21-34(28)41/h4-16,20-21,32-33,37-38,44H,17-19,22-25H2,1-3H3/t32-,33+,37-,38?/m0/s1. The second-order valence-corrected chi connectivity index (χ2v) is 14.0. The summed E-state index contributed by atoms with van der Waals surface area (Å²) in [6.45, 7) is 9.63. The highest BCUT2D eigenvalue weighted by atomic mass is 19.2. The summed E-state index contributed by atoms with van der Waals surface area (Å²) in [6.07, 6.45) is -0.495. The molecule has 258 valence electrons.